The molecule has 4 heterocycles. The van der Waals surface area contributed by atoms with Gasteiger partial charge in [0.05, 0.1) is 17.2 Å². The summed E-state index contributed by atoms with van der Waals surface area (Å²) < 4.78 is 3.66. The maximum atomic E-state index is 13.1. The Morgan fingerprint density at radius 3 is 2.50 bits per heavy atom. The fraction of sp³-hybridized carbons (Fsp3) is 0.500. The van der Waals surface area contributed by atoms with Crippen molar-refractivity contribution in [1.29, 1.82) is 0 Å². The number of hydrogen-bond acceptors (Lipinski definition) is 3. The van der Waals surface area contributed by atoms with Gasteiger partial charge in [0.2, 0.25) is 5.91 Å². The van der Waals surface area contributed by atoms with Crippen LogP contribution in [0.1, 0.15) is 24.1 Å². The number of likely N-dealkylation sites (N-methyl/N-ethyl adjacent to an activating group) is 1. The Kier molecular flexibility index (Phi) is 4.23. The van der Waals surface area contributed by atoms with Gasteiger partial charge in [-0.3, -0.25) is 19.2 Å². The van der Waals surface area contributed by atoms with E-state index in [1.54, 1.807) is 4.68 Å². The molecule has 0 N–H and O–H groups in total. The van der Waals surface area contributed by atoms with E-state index in [1.165, 1.54) is 0 Å². The van der Waals surface area contributed by atoms with Crippen LogP contribution in [0, 0.1) is 12.8 Å². The molecule has 26 heavy (non-hydrogen) atoms. The Morgan fingerprint density at radius 1 is 1.04 bits per heavy atom. The van der Waals surface area contributed by atoms with Crippen molar-refractivity contribution >= 4 is 5.91 Å². The summed E-state index contributed by atoms with van der Waals surface area (Å²) in [6.45, 7) is 4.20. The molecule has 3 aliphatic heterocycles. The van der Waals surface area contributed by atoms with Gasteiger partial charge in [0.25, 0.3) is 5.56 Å². The summed E-state index contributed by atoms with van der Waals surface area (Å²) in [5.74, 6) is 0.328. The number of aromatic nitrogens is 2. The fourth-order valence-corrected chi connectivity index (χ4v) is 4.40. The Balaban J connectivity index is 1.66. The lowest BCUT2D eigenvalue weighted by Gasteiger charge is -2.32. The highest BCUT2D eigenvalue weighted by atomic mass is 16.2. The zero-order valence-corrected chi connectivity index (χ0v) is 15.7. The van der Waals surface area contributed by atoms with Crippen LogP contribution in [-0.4, -0.2) is 51.2 Å². The van der Waals surface area contributed by atoms with Crippen molar-refractivity contribution in [3.8, 4) is 5.69 Å². The number of benzene rings is 1. The zero-order valence-electron chi connectivity index (χ0n) is 15.7. The quantitative estimate of drug-likeness (QED) is 0.840. The summed E-state index contributed by atoms with van der Waals surface area (Å²) in [6, 6.07) is 10.00. The summed E-state index contributed by atoms with van der Waals surface area (Å²) in [4.78, 5) is 29.7. The molecule has 0 radical (unpaired) electrons. The molecule has 2 atom stereocenters. The fourth-order valence-electron chi connectivity index (χ4n) is 4.40. The highest BCUT2D eigenvalue weighted by molar-refractivity contribution is 5.80. The van der Waals surface area contributed by atoms with Crippen LogP contribution in [0.3, 0.4) is 0 Å². The average Bonchev–Trinajstić information content (AvgIpc) is 2.82. The number of hydrogen-bond donors (Lipinski definition) is 0. The predicted octanol–water partition coefficient (Wildman–Crippen LogP) is 1.54. The number of fused-ring (bicyclic) bond motifs is 4. The zero-order chi connectivity index (χ0) is 18.4. The SMILES string of the molecule is Cc1c(CN2CC3CCC(C2)N(C)C3=O)c(=O)n(-c2ccccc2)n1C. The number of piperidine rings is 1. The topological polar surface area (TPSA) is 50.5 Å². The third kappa shape index (κ3) is 2.69. The van der Waals surface area contributed by atoms with Crippen LogP contribution >= 0.6 is 0 Å². The van der Waals surface area contributed by atoms with E-state index in [1.807, 2.05) is 60.9 Å². The molecule has 1 aromatic heterocycles. The van der Waals surface area contributed by atoms with Gasteiger partial charge in [-0.2, -0.15) is 0 Å². The molecular weight excluding hydrogens is 328 g/mol. The molecule has 5 rings (SSSR count). The van der Waals surface area contributed by atoms with Gasteiger partial charge >= 0.3 is 0 Å². The van der Waals surface area contributed by atoms with E-state index in [-0.39, 0.29) is 23.4 Å². The van der Waals surface area contributed by atoms with Crippen LogP contribution in [0.4, 0.5) is 0 Å². The van der Waals surface area contributed by atoms with Crippen molar-refractivity contribution in [3.05, 3.63) is 51.9 Å². The summed E-state index contributed by atoms with van der Waals surface area (Å²) in [5, 5.41) is 0. The minimum absolute atomic E-state index is 0.0347. The molecule has 0 aliphatic carbocycles. The van der Waals surface area contributed by atoms with E-state index >= 15 is 0 Å². The Hall–Kier alpha value is -2.34. The first-order chi connectivity index (χ1) is 12.5. The molecule has 2 aromatic rings. The standard InChI is InChI=1S/C20H26N4O2/c1-14-18(20(26)24(22(14)3)16-7-5-4-6-8-16)13-23-11-15-9-10-17(12-23)21(2)19(15)25/h4-8,15,17H,9-13H2,1-3H3. The number of rotatable bonds is 3. The molecule has 1 amide bonds. The third-order valence-electron chi connectivity index (χ3n) is 6.10. The van der Waals surface area contributed by atoms with E-state index in [2.05, 4.69) is 4.90 Å². The second-order valence-electron chi connectivity index (χ2n) is 7.61. The van der Waals surface area contributed by atoms with Crippen molar-refractivity contribution in [2.75, 3.05) is 20.1 Å². The summed E-state index contributed by atoms with van der Waals surface area (Å²) in [6.07, 6.45) is 2.03. The molecule has 6 nitrogen and oxygen atoms in total. The number of carbonyl (C=O) groups is 1. The summed E-state index contributed by atoms with van der Waals surface area (Å²) >= 11 is 0. The minimum Gasteiger partial charge on any atom is -0.341 e. The van der Waals surface area contributed by atoms with E-state index in [9.17, 15) is 9.59 Å². The molecule has 138 valence electrons. The van der Waals surface area contributed by atoms with Gasteiger partial charge in [0, 0.05) is 45.5 Å². The normalized spacial score (nSPS) is 23.5. The molecule has 1 aromatic carbocycles. The van der Waals surface area contributed by atoms with E-state index in [0.29, 0.717) is 6.54 Å². The first kappa shape index (κ1) is 17.1. The second-order valence-corrected chi connectivity index (χ2v) is 7.61. The van der Waals surface area contributed by atoms with Crippen molar-refractivity contribution in [3.63, 3.8) is 0 Å². The highest BCUT2D eigenvalue weighted by Gasteiger charge is 2.39. The van der Waals surface area contributed by atoms with E-state index < -0.39 is 0 Å². The van der Waals surface area contributed by atoms with Crippen LogP contribution in [0.25, 0.3) is 5.69 Å². The number of amides is 1. The largest absolute Gasteiger partial charge is 0.341 e. The smallest absolute Gasteiger partial charge is 0.276 e. The lowest BCUT2D eigenvalue weighted by molar-refractivity contribution is -0.138. The molecule has 3 saturated heterocycles. The molecule has 2 unspecified atom stereocenters. The number of nitrogens with zero attached hydrogens (tertiary/aromatic N) is 4. The van der Waals surface area contributed by atoms with E-state index in [0.717, 1.165) is 42.9 Å². The summed E-state index contributed by atoms with van der Waals surface area (Å²) in [7, 11) is 3.84. The highest BCUT2D eigenvalue weighted by Crippen LogP contribution is 2.28. The van der Waals surface area contributed by atoms with Crippen LogP contribution in [0.2, 0.25) is 0 Å². The molecule has 0 spiro atoms. The summed E-state index contributed by atoms with van der Waals surface area (Å²) in [5.41, 5.74) is 2.72. The minimum atomic E-state index is 0.0347. The number of para-hydroxylation sites is 1. The van der Waals surface area contributed by atoms with Crippen LogP contribution < -0.4 is 5.56 Å². The lowest BCUT2D eigenvalue weighted by atomic mass is 9.95. The molecule has 3 aliphatic rings. The lowest BCUT2D eigenvalue weighted by Crippen LogP contribution is -2.45. The monoisotopic (exact) mass is 354 g/mol. The molecule has 2 bridgehead atoms. The molecule has 0 saturated carbocycles. The van der Waals surface area contributed by atoms with Gasteiger partial charge in [-0.05, 0) is 31.9 Å². The van der Waals surface area contributed by atoms with Crippen molar-refractivity contribution in [2.24, 2.45) is 13.0 Å². The van der Waals surface area contributed by atoms with Crippen molar-refractivity contribution < 1.29 is 4.79 Å². The predicted molar refractivity (Wildman–Crippen MR) is 100 cm³/mol. The van der Waals surface area contributed by atoms with Gasteiger partial charge in [0.1, 0.15) is 0 Å². The Morgan fingerprint density at radius 2 is 1.77 bits per heavy atom. The maximum Gasteiger partial charge on any atom is 0.276 e. The van der Waals surface area contributed by atoms with Gasteiger partial charge in [-0.25, -0.2) is 4.68 Å². The van der Waals surface area contributed by atoms with E-state index in [4.69, 9.17) is 0 Å². The van der Waals surface area contributed by atoms with Gasteiger partial charge in [-0.1, -0.05) is 18.2 Å². The molecular formula is C20H26N4O2. The first-order valence-electron chi connectivity index (χ1n) is 9.29. The average molecular weight is 354 g/mol. The Labute approximate surface area is 153 Å². The Bertz CT molecular complexity index is 883. The maximum absolute atomic E-state index is 13.1. The van der Waals surface area contributed by atoms with Gasteiger partial charge < -0.3 is 4.90 Å². The van der Waals surface area contributed by atoms with Crippen molar-refractivity contribution in [2.45, 2.75) is 32.4 Å². The van der Waals surface area contributed by atoms with Gasteiger partial charge in [0.15, 0.2) is 0 Å². The van der Waals surface area contributed by atoms with Crippen LogP contribution in [0.15, 0.2) is 35.1 Å². The van der Waals surface area contributed by atoms with Gasteiger partial charge in [-0.15, -0.1) is 0 Å². The third-order valence-corrected chi connectivity index (χ3v) is 6.10. The second kappa shape index (κ2) is 6.43. The number of carbonyl (C=O) groups excluding carboxylic acids is 1. The molecule has 6 heteroatoms. The first-order valence-corrected chi connectivity index (χ1v) is 9.29. The van der Waals surface area contributed by atoms with Crippen molar-refractivity contribution in [1.82, 2.24) is 19.2 Å². The molecule has 3 fully saturated rings. The van der Waals surface area contributed by atoms with Crippen LogP contribution in [0.5, 0.6) is 0 Å². The van der Waals surface area contributed by atoms with Crippen LogP contribution in [-0.2, 0) is 18.4 Å².